The van der Waals surface area contributed by atoms with Gasteiger partial charge in [-0.3, -0.25) is 4.90 Å². The van der Waals surface area contributed by atoms with E-state index in [2.05, 4.69) is 86.3 Å². The lowest BCUT2D eigenvalue weighted by atomic mass is 10.2. The molecular weight excluding hydrogens is 441 g/mol. The topological polar surface area (TPSA) is 18.5 Å². The minimum atomic E-state index is 0.823. The van der Waals surface area contributed by atoms with Crippen molar-refractivity contribution in [3.63, 3.8) is 0 Å². The first-order chi connectivity index (χ1) is 12.2. The fourth-order valence-electron chi connectivity index (χ4n) is 2.79. The van der Waals surface area contributed by atoms with Gasteiger partial charge >= 0.3 is 0 Å². The molecule has 25 heavy (non-hydrogen) atoms. The molecule has 0 amide bonds. The molecule has 0 spiro atoms. The van der Waals surface area contributed by atoms with Crippen molar-refractivity contribution in [2.45, 2.75) is 0 Å². The van der Waals surface area contributed by atoms with Gasteiger partial charge in [0.25, 0.3) is 0 Å². The maximum Gasteiger partial charge on any atom is 0.173 e. The monoisotopic (exact) mass is 463 g/mol. The summed E-state index contributed by atoms with van der Waals surface area (Å²) in [6, 6.07) is 18.7. The molecular formula is C20H22IN3S. The van der Waals surface area contributed by atoms with Gasteiger partial charge in [-0.25, -0.2) is 0 Å². The number of hydrogen-bond acceptors (Lipinski definition) is 2. The number of nitrogens with one attached hydrogen (secondary N) is 1. The van der Waals surface area contributed by atoms with Crippen molar-refractivity contribution >= 4 is 51.7 Å². The van der Waals surface area contributed by atoms with E-state index < -0.39 is 0 Å². The third kappa shape index (κ3) is 5.52. The molecule has 0 unspecified atom stereocenters. The molecule has 5 heteroatoms. The Hall–Kier alpha value is -1.44. The standard InChI is InChI=1S/C20H22IN3S/c21-18-10-4-5-11-19(18)22-20(25)24-15-13-23(14-16-24)12-6-9-17-7-2-1-3-8-17/h1-11H,12-16H2,(H,22,25)/b9-6-. The lowest BCUT2D eigenvalue weighted by Gasteiger charge is -2.35. The fourth-order valence-corrected chi connectivity index (χ4v) is 3.61. The zero-order valence-corrected chi connectivity index (χ0v) is 17.0. The number of halogens is 1. The van der Waals surface area contributed by atoms with Crippen LogP contribution in [0, 0.1) is 3.57 Å². The Morgan fingerprint density at radius 2 is 1.68 bits per heavy atom. The quantitative estimate of drug-likeness (QED) is 0.538. The highest BCUT2D eigenvalue weighted by Gasteiger charge is 2.18. The van der Waals surface area contributed by atoms with Crippen LogP contribution in [0.25, 0.3) is 6.08 Å². The van der Waals surface area contributed by atoms with Crippen LogP contribution in [0.3, 0.4) is 0 Å². The molecule has 0 saturated carbocycles. The minimum Gasteiger partial charge on any atom is -0.346 e. The highest BCUT2D eigenvalue weighted by atomic mass is 127. The van der Waals surface area contributed by atoms with E-state index in [0.717, 1.165) is 43.5 Å². The van der Waals surface area contributed by atoms with Gasteiger partial charge in [-0.05, 0) is 52.5 Å². The van der Waals surface area contributed by atoms with Crippen molar-refractivity contribution in [2.75, 3.05) is 38.0 Å². The third-order valence-corrected chi connectivity index (χ3v) is 5.55. The van der Waals surface area contributed by atoms with Crippen LogP contribution in [-0.4, -0.2) is 47.6 Å². The molecule has 1 aliphatic heterocycles. The lowest BCUT2D eigenvalue weighted by Crippen LogP contribution is -2.49. The highest BCUT2D eigenvalue weighted by molar-refractivity contribution is 14.1. The summed E-state index contributed by atoms with van der Waals surface area (Å²) in [6.07, 6.45) is 4.43. The molecule has 3 rings (SSSR count). The molecule has 1 aliphatic rings. The van der Waals surface area contributed by atoms with Gasteiger partial charge in [-0.2, -0.15) is 0 Å². The maximum atomic E-state index is 5.58. The van der Waals surface area contributed by atoms with Crippen molar-refractivity contribution in [2.24, 2.45) is 0 Å². The molecule has 1 N–H and O–H groups in total. The number of benzene rings is 2. The van der Waals surface area contributed by atoms with Crippen LogP contribution in [0.5, 0.6) is 0 Å². The largest absolute Gasteiger partial charge is 0.346 e. The van der Waals surface area contributed by atoms with Crippen LogP contribution in [-0.2, 0) is 0 Å². The molecule has 0 radical (unpaired) electrons. The second kappa shape index (κ2) is 9.31. The summed E-state index contributed by atoms with van der Waals surface area (Å²) in [5.74, 6) is 0. The highest BCUT2D eigenvalue weighted by Crippen LogP contribution is 2.18. The molecule has 3 nitrogen and oxygen atoms in total. The Labute approximate surface area is 168 Å². The zero-order valence-electron chi connectivity index (χ0n) is 14.1. The summed E-state index contributed by atoms with van der Waals surface area (Å²) in [4.78, 5) is 4.72. The zero-order chi connectivity index (χ0) is 17.5. The first kappa shape index (κ1) is 18.4. The van der Waals surface area contributed by atoms with E-state index in [1.54, 1.807) is 0 Å². The molecule has 0 aliphatic carbocycles. The van der Waals surface area contributed by atoms with Crippen molar-refractivity contribution < 1.29 is 0 Å². The summed E-state index contributed by atoms with van der Waals surface area (Å²) >= 11 is 7.92. The van der Waals surface area contributed by atoms with Crippen LogP contribution in [0.1, 0.15) is 5.56 Å². The Kier molecular flexibility index (Phi) is 6.84. The van der Waals surface area contributed by atoms with Gasteiger partial charge < -0.3 is 10.2 Å². The Bertz CT molecular complexity index is 725. The number of rotatable bonds is 4. The van der Waals surface area contributed by atoms with Crippen LogP contribution in [0.15, 0.2) is 60.7 Å². The van der Waals surface area contributed by atoms with E-state index in [9.17, 15) is 0 Å². The van der Waals surface area contributed by atoms with E-state index in [0.29, 0.717) is 0 Å². The van der Waals surface area contributed by atoms with Crippen molar-refractivity contribution in [1.29, 1.82) is 0 Å². The average Bonchev–Trinajstić information content (AvgIpc) is 2.65. The number of thiocarbonyl (C=S) groups is 1. The normalized spacial score (nSPS) is 15.5. The van der Waals surface area contributed by atoms with E-state index in [-0.39, 0.29) is 0 Å². The first-order valence-corrected chi connectivity index (χ1v) is 9.95. The molecule has 0 aromatic heterocycles. The second-order valence-corrected chi connectivity index (χ2v) is 7.56. The molecule has 2 aromatic rings. The first-order valence-electron chi connectivity index (χ1n) is 8.47. The third-order valence-electron chi connectivity index (χ3n) is 4.25. The van der Waals surface area contributed by atoms with Crippen LogP contribution in [0.2, 0.25) is 0 Å². The molecule has 1 saturated heterocycles. The van der Waals surface area contributed by atoms with Crippen molar-refractivity contribution in [3.05, 3.63) is 69.8 Å². The molecule has 0 atom stereocenters. The molecule has 2 aromatic carbocycles. The predicted octanol–water partition coefficient (Wildman–Crippen LogP) is 4.32. The van der Waals surface area contributed by atoms with E-state index >= 15 is 0 Å². The SMILES string of the molecule is S=C(Nc1ccccc1I)N1CCN(C/C=C\c2ccccc2)CC1. The van der Waals surface area contributed by atoms with Crippen LogP contribution < -0.4 is 5.32 Å². The molecule has 1 heterocycles. The molecule has 130 valence electrons. The number of hydrogen-bond donors (Lipinski definition) is 1. The number of para-hydroxylation sites is 1. The van der Waals surface area contributed by atoms with Gasteiger partial charge in [0.1, 0.15) is 0 Å². The summed E-state index contributed by atoms with van der Waals surface area (Å²) in [6.45, 7) is 4.99. The van der Waals surface area contributed by atoms with Crippen molar-refractivity contribution in [3.8, 4) is 0 Å². The maximum absolute atomic E-state index is 5.58. The van der Waals surface area contributed by atoms with Gasteiger partial charge in [0.2, 0.25) is 0 Å². The minimum absolute atomic E-state index is 0.823. The van der Waals surface area contributed by atoms with E-state index in [1.807, 2.05) is 18.2 Å². The Morgan fingerprint density at radius 3 is 2.40 bits per heavy atom. The molecule has 0 bridgehead atoms. The van der Waals surface area contributed by atoms with Gasteiger partial charge in [0.05, 0.1) is 5.69 Å². The van der Waals surface area contributed by atoms with Crippen LogP contribution in [0.4, 0.5) is 5.69 Å². The van der Waals surface area contributed by atoms with E-state index in [4.69, 9.17) is 12.2 Å². The summed E-state index contributed by atoms with van der Waals surface area (Å²) in [7, 11) is 0. The van der Waals surface area contributed by atoms with Crippen LogP contribution >= 0.6 is 34.8 Å². The fraction of sp³-hybridized carbons (Fsp3) is 0.250. The van der Waals surface area contributed by atoms with Gasteiger partial charge in [-0.1, -0.05) is 54.6 Å². The number of anilines is 1. The lowest BCUT2D eigenvalue weighted by molar-refractivity contribution is 0.200. The summed E-state index contributed by atoms with van der Waals surface area (Å²) in [5.41, 5.74) is 2.34. The summed E-state index contributed by atoms with van der Waals surface area (Å²) in [5, 5.41) is 4.20. The Morgan fingerprint density at radius 1 is 1.00 bits per heavy atom. The summed E-state index contributed by atoms with van der Waals surface area (Å²) < 4.78 is 1.19. The van der Waals surface area contributed by atoms with E-state index in [1.165, 1.54) is 9.13 Å². The Balaban J connectivity index is 1.44. The smallest absolute Gasteiger partial charge is 0.173 e. The van der Waals surface area contributed by atoms with Crippen molar-refractivity contribution in [1.82, 2.24) is 9.80 Å². The van der Waals surface area contributed by atoms with Gasteiger partial charge in [-0.15, -0.1) is 0 Å². The second-order valence-electron chi connectivity index (χ2n) is 6.01. The number of piperazine rings is 1. The van der Waals surface area contributed by atoms with Gasteiger partial charge in [0.15, 0.2) is 5.11 Å². The molecule has 1 fully saturated rings. The number of nitrogens with zero attached hydrogens (tertiary/aromatic N) is 2. The average molecular weight is 463 g/mol. The van der Waals surface area contributed by atoms with Gasteiger partial charge in [0, 0.05) is 36.3 Å². The predicted molar refractivity (Wildman–Crippen MR) is 119 cm³/mol.